The first-order valence-electron chi connectivity index (χ1n) is 5.01. The monoisotopic (exact) mass is 293 g/mol. The molecule has 0 radical (unpaired) electrons. The van der Waals surface area contributed by atoms with E-state index in [9.17, 15) is 22.2 Å². The van der Waals surface area contributed by atoms with Gasteiger partial charge in [-0.25, -0.2) is 0 Å². The number of rotatable bonds is 2. The first-order chi connectivity index (χ1) is 8.29. The van der Waals surface area contributed by atoms with Crippen LogP contribution in [0.2, 0.25) is 5.02 Å². The van der Waals surface area contributed by atoms with Gasteiger partial charge in [0.25, 0.3) is 0 Å². The highest BCUT2D eigenvalue weighted by atomic mass is 35.5. The van der Waals surface area contributed by atoms with Crippen LogP contribution in [0.3, 0.4) is 0 Å². The summed E-state index contributed by atoms with van der Waals surface area (Å²) in [5, 5.41) is 8.52. The standard InChI is InChI=1S/C10H9ClFNO4S/c11-6-1-2-8(9(14)3-6)13-5-7(4-10(13)15)18(12,16)17/h1-3,7,14H,4-5H2. The zero-order valence-electron chi connectivity index (χ0n) is 9.01. The zero-order valence-corrected chi connectivity index (χ0v) is 10.6. The highest BCUT2D eigenvalue weighted by molar-refractivity contribution is 7.87. The second kappa shape index (κ2) is 4.40. The van der Waals surface area contributed by atoms with E-state index in [1.807, 2.05) is 0 Å². The van der Waals surface area contributed by atoms with Crippen molar-refractivity contribution in [3.63, 3.8) is 0 Å². The van der Waals surface area contributed by atoms with Crippen LogP contribution >= 0.6 is 11.6 Å². The van der Waals surface area contributed by atoms with Gasteiger partial charge in [0.15, 0.2) is 0 Å². The molecule has 0 bridgehead atoms. The molecule has 0 spiro atoms. The van der Waals surface area contributed by atoms with Crippen molar-refractivity contribution in [1.82, 2.24) is 0 Å². The highest BCUT2D eigenvalue weighted by Crippen LogP contribution is 2.34. The quantitative estimate of drug-likeness (QED) is 0.838. The average molecular weight is 294 g/mol. The Kier molecular flexibility index (Phi) is 3.20. The number of halogens is 2. The Morgan fingerprint density at radius 3 is 2.61 bits per heavy atom. The van der Waals surface area contributed by atoms with Crippen molar-refractivity contribution in [3.8, 4) is 5.75 Å². The first-order valence-corrected chi connectivity index (χ1v) is 6.84. The smallest absolute Gasteiger partial charge is 0.307 e. The van der Waals surface area contributed by atoms with Gasteiger partial charge in [-0.05, 0) is 12.1 Å². The number of carbonyl (C=O) groups is 1. The van der Waals surface area contributed by atoms with Gasteiger partial charge in [0.1, 0.15) is 11.0 Å². The van der Waals surface area contributed by atoms with Crippen molar-refractivity contribution in [1.29, 1.82) is 0 Å². The molecule has 1 aromatic rings. The number of carbonyl (C=O) groups excluding carboxylic acids is 1. The Morgan fingerprint density at radius 1 is 1.44 bits per heavy atom. The molecule has 0 saturated carbocycles. The molecule has 0 aliphatic carbocycles. The second-order valence-electron chi connectivity index (χ2n) is 3.94. The minimum absolute atomic E-state index is 0.121. The summed E-state index contributed by atoms with van der Waals surface area (Å²) in [4.78, 5) is 12.7. The van der Waals surface area contributed by atoms with Crippen molar-refractivity contribution in [2.45, 2.75) is 11.7 Å². The summed E-state index contributed by atoms with van der Waals surface area (Å²) in [6, 6.07) is 4.05. The molecular formula is C10H9ClFNO4S. The van der Waals surface area contributed by atoms with Crippen molar-refractivity contribution < 1.29 is 22.2 Å². The van der Waals surface area contributed by atoms with Crippen LogP contribution in [0.5, 0.6) is 5.75 Å². The molecule has 1 fully saturated rings. The van der Waals surface area contributed by atoms with Crippen LogP contribution in [0, 0.1) is 0 Å². The summed E-state index contributed by atoms with van der Waals surface area (Å²) >= 11 is 5.64. The van der Waals surface area contributed by atoms with E-state index in [0.29, 0.717) is 0 Å². The molecule has 1 saturated heterocycles. The number of phenolic OH excluding ortho intramolecular Hbond substituents is 1. The Labute approximate surface area is 108 Å². The molecule has 2 rings (SSSR count). The van der Waals surface area contributed by atoms with E-state index in [1.165, 1.54) is 18.2 Å². The van der Waals surface area contributed by atoms with E-state index in [-0.39, 0.29) is 23.0 Å². The predicted octanol–water partition coefficient (Wildman–Crippen LogP) is 1.45. The number of nitrogens with zero attached hydrogens (tertiary/aromatic N) is 1. The van der Waals surface area contributed by atoms with E-state index >= 15 is 0 Å². The van der Waals surface area contributed by atoms with Gasteiger partial charge in [0.05, 0.1) is 5.69 Å². The van der Waals surface area contributed by atoms with Crippen LogP contribution in [-0.2, 0) is 15.0 Å². The number of aromatic hydroxyl groups is 1. The van der Waals surface area contributed by atoms with Crippen molar-refractivity contribution in [3.05, 3.63) is 23.2 Å². The summed E-state index contributed by atoms with van der Waals surface area (Å²) < 4.78 is 34.4. The van der Waals surface area contributed by atoms with Gasteiger partial charge < -0.3 is 10.0 Å². The summed E-state index contributed by atoms with van der Waals surface area (Å²) in [5.74, 6) is -0.813. The molecule has 98 valence electrons. The molecule has 1 aromatic carbocycles. The average Bonchev–Trinajstić information content (AvgIpc) is 2.60. The van der Waals surface area contributed by atoms with Gasteiger partial charge in [-0.3, -0.25) is 4.79 Å². The van der Waals surface area contributed by atoms with E-state index in [1.54, 1.807) is 0 Å². The minimum atomic E-state index is -4.77. The van der Waals surface area contributed by atoms with E-state index < -0.39 is 27.8 Å². The lowest BCUT2D eigenvalue weighted by molar-refractivity contribution is -0.117. The predicted molar refractivity (Wildman–Crippen MR) is 63.9 cm³/mol. The Morgan fingerprint density at radius 2 is 2.11 bits per heavy atom. The van der Waals surface area contributed by atoms with Gasteiger partial charge in [0.2, 0.25) is 5.91 Å². The van der Waals surface area contributed by atoms with Crippen LogP contribution in [0.1, 0.15) is 6.42 Å². The maximum Gasteiger partial charge on any atom is 0.307 e. The summed E-state index contributed by atoms with van der Waals surface area (Å²) in [6.45, 7) is -0.313. The van der Waals surface area contributed by atoms with E-state index in [0.717, 1.165) is 4.90 Å². The van der Waals surface area contributed by atoms with Gasteiger partial charge in [0, 0.05) is 24.1 Å². The maximum atomic E-state index is 12.8. The third-order valence-corrected chi connectivity index (χ3v) is 4.06. The summed E-state index contributed by atoms with van der Waals surface area (Å²) in [7, 11) is -4.77. The Balaban J connectivity index is 2.33. The van der Waals surface area contributed by atoms with Crippen molar-refractivity contribution in [2.75, 3.05) is 11.4 Å². The molecule has 1 atom stereocenters. The molecule has 1 heterocycles. The number of anilines is 1. The van der Waals surface area contributed by atoms with Gasteiger partial charge in [-0.2, -0.15) is 8.42 Å². The molecule has 1 amide bonds. The number of benzene rings is 1. The lowest BCUT2D eigenvalue weighted by atomic mass is 10.2. The van der Waals surface area contributed by atoms with Crippen molar-refractivity contribution in [2.24, 2.45) is 0 Å². The fourth-order valence-electron chi connectivity index (χ4n) is 1.82. The molecule has 5 nitrogen and oxygen atoms in total. The van der Waals surface area contributed by atoms with Crippen LogP contribution in [0.25, 0.3) is 0 Å². The summed E-state index contributed by atoms with van der Waals surface area (Å²) in [6.07, 6.45) is -0.430. The first kappa shape index (κ1) is 13.1. The molecule has 1 aliphatic heterocycles. The van der Waals surface area contributed by atoms with Crippen molar-refractivity contribution >= 4 is 33.4 Å². The fourth-order valence-corrected chi connectivity index (χ4v) is 2.66. The molecule has 1 unspecified atom stereocenters. The molecule has 18 heavy (non-hydrogen) atoms. The zero-order chi connectivity index (χ0) is 13.5. The lowest BCUT2D eigenvalue weighted by Crippen LogP contribution is -2.26. The molecule has 1 aliphatic rings. The van der Waals surface area contributed by atoms with Crippen LogP contribution < -0.4 is 4.90 Å². The van der Waals surface area contributed by atoms with Crippen LogP contribution in [-0.4, -0.2) is 31.2 Å². The topological polar surface area (TPSA) is 74.7 Å². The van der Waals surface area contributed by atoms with E-state index in [2.05, 4.69) is 0 Å². The largest absolute Gasteiger partial charge is 0.506 e. The molecule has 0 aromatic heterocycles. The van der Waals surface area contributed by atoms with Crippen LogP contribution in [0.4, 0.5) is 9.57 Å². The Bertz CT molecular complexity index is 604. The van der Waals surface area contributed by atoms with Crippen LogP contribution in [0.15, 0.2) is 18.2 Å². The Hall–Kier alpha value is -1.34. The fraction of sp³-hybridized carbons (Fsp3) is 0.300. The number of amides is 1. The number of hydrogen-bond donors (Lipinski definition) is 1. The van der Waals surface area contributed by atoms with E-state index in [4.69, 9.17) is 11.6 Å². The minimum Gasteiger partial charge on any atom is -0.506 e. The highest BCUT2D eigenvalue weighted by Gasteiger charge is 2.39. The third-order valence-electron chi connectivity index (χ3n) is 2.72. The summed E-state index contributed by atoms with van der Waals surface area (Å²) in [5.41, 5.74) is 0.121. The SMILES string of the molecule is O=C1CC(S(=O)(=O)F)CN1c1ccc(Cl)cc1O. The molecular weight excluding hydrogens is 285 g/mol. The van der Waals surface area contributed by atoms with Gasteiger partial charge in [-0.1, -0.05) is 11.6 Å². The molecule has 1 N–H and O–H groups in total. The molecule has 8 heteroatoms. The second-order valence-corrected chi connectivity index (χ2v) is 5.99. The maximum absolute atomic E-state index is 12.8. The number of phenols is 1. The van der Waals surface area contributed by atoms with Gasteiger partial charge in [-0.15, -0.1) is 3.89 Å². The lowest BCUT2D eigenvalue weighted by Gasteiger charge is -2.17. The van der Waals surface area contributed by atoms with Gasteiger partial charge >= 0.3 is 10.2 Å². The third kappa shape index (κ3) is 2.41. The number of hydrogen-bond acceptors (Lipinski definition) is 4. The normalized spacial score (nSPS) is 20.4.